The van der Waals surface area contributed by atoms with Gasteiger partial charge in [-0.3, -0.25) is 14.6 Å². The van der Waals surface area contributed by atoms with Crippen molar-refractivity contribution in [1.29, 1.82) is 0 Å². The number of aromatic nitrogens is 1. The number of nitrogens with zero attached hydrogens (tertiary/aromatic N) is 2. The summed E-state index contributed by atoms with van der Waals surface area (Å²) in [5.41, 5.74) is 1.44. The van der Waals surface area contributed by atoms with E-state index >= 15 is 0 Å². The van der Waals surface area contributed by atoms with E-state index in [-0.39, 0.29) is 23.4 Å². The molecule has 1 N–H and O–H groups in total. The Morgan fingerprint density at radius 1 is 1.10 bits per heavy atom. The topological polar surface area (TPSA) is 79.7 Å². The van der Waals surface area contributed by atoms with Gasteiger partial charge in [0.15, 0.2) is 11.6 Å². The van der Waals surface area contributed by atoms with Crippen molar-refractivity contribution in [3.63, 3.8) is 0 Å². The van der Waals surface area contributed by atoms with Gasteiger partial charge in [0.2, 0.25) is 0 Å². The van der Waals surface area contributed by atoms with Crippen LogP contribution in [0.25, 0.3) is 5.76 Å². The van der Waals surface area contributed by atoms with Gasteiger partial charge in [0.05, 0.1) is 18.7 Å². The summed E-state index contributed by atoms with van der Waals surface area (Å²) in [6.45, 7) is 0.153. The average Bonchev–Trinajstić information content (AvgIpc) is 3.04. The van der Waals surface area contributed by atoms with Crippen LogP contribution in [0.15, 0.2) is 78.6 Å². The summed E-state index contributed by atoms with van der Waals surface area (Å²) < 4.78 is 19.1. The highest BCUT2D eigenvalue weighted by Crippen LogP contribution is 2.40. The van der Waals surface area contributed by atoms with Gasteiger partial charge in [0, 0.05) is 24.5 Å². The summed E-state index contributed by atoms with van der Waals surface area (Å²) in [4.78, 5) is 31.3. The molecule has 1 amide bonds. The Hall–Kier alpha value is -4.00. The van der Waals surface area contributed by atoms with Crippen LogP contribution in [0.3, 0.4) is 0 Å². The number of rotatable bonds is 5. The molecule has 0 radical (unpaired) electrons. The first-order valence-corrected chi connectivity index (χ1v) is 9.57. The molecule has 1 aromatic heterocycles. The predicted molar refractivity (Wildman–Crippen MR) is 111 cm³/mol. The van der Waals surface area contributed by atoms with E-state index < -0.39 is 29.3 Å². The minimum Gasteiger partial charge on any atom is -0.507 e. The third-order valence-corrected chi connectivity index (χ3v) is 5.18. The molecule has 7 heteroatoms. The number of carbonyl (C=O) groups is 2. The molecule has 0 spiro atoms. The second-order valence-electron chi connectivity index (χ2n) is 7.04. The molecule has 0 unspecified atom stereocenters. The number of pyridine rings is 1. The van der Waals surface area contributed by atoms with Gasteiger partial charge in [0.25, 0.3) is 11.7 Å². The van der Waals surface area contributed by atoms with Crippen LogP contribution >= 0.6 is 0 Å². The lowest BCUT2D eigenvalue weighted by Gasteiger charge is -2.25. The molecular formula is C24H19FN2O4. The van der Waals surface area contributed by atoms with E-state index in [0.29, 0.717) is 5.56 Å². The van der Waals surface area contributed by atoms with Crippen molar-refractivity contribution in [1.82, 2.24) is 9.88 Å². The second-order valence-corrected chi connectivity index (χ2v) is 7.04. The SMILES string of the molecule is COc1ccc(C(O)=C2C(=O)C(=O)N(Cc3ccncc3)[C@@H]2c2ccccc2)cc1F. The number of methoxy groups -OCH3 is 1. The molecule has 0 bridgehead atoms. The Bertz CT molecular complexity index is 1160. The summed E-state index contributed by atoms with van der Waals surface area (Å²) in [7, 11) is 1.33. The summed E-state index contributed by atoms with van der Waals surface area (Å²) in [5.74, 6) is -2.67. The van der Waals surface area contributed by atoms with E-state index in [9.17, 15) is 19.1 Å². The van der Waals surface area contributed by atoms with Crippen LogP contribution < -0.4 is 4.74 Å². The van der Waals surface area contributed by atoms with Gasteiger partial charge in [-0.25, -0.2) is 4.39 Å². The van der Waals surface area contributed by atoms with Crippen LogP contribution in [0.1, 0.15) is 22.7 Å². The van der Waals surface area contributed by atoms with Crippen molar-refractivity contribution in [2.24, 2.45) is 0 Å². The molecule has 0 aliphatic carbocycles. The number of ether oxygens (including phenoxy) is 1. The molecule has 2 aromatic carbocycles. The van der Waals surface area contributed by atoms with Crippen molar-refractivity contribution in [2.75, 3.05) is 7.11 Å². The molecule has 1 fully saturated rings. The van der Waals surface area contributed by atoms with Gasteiger partial charge in [0.1, 0.15) is 5.76 Å². The molecule has 1 atom stereocenters. The van der Waals surface area contributed by atoms with Crippen molar-refractivity contribution < 1.29 is 23.8 Å². The molecule has 0 saturated carbocycles. The van der Waals surface area contributed by atoms with Crippen molar-refractivity contribution in [3.05, 3.63) is 101 Å². The maximum absolute atomic E-state index is 14.2. The van der Waals surface area contributed by atoms with Crippen LogP contribution in [-0.2, 0) is 16.1 Å². The van der Waals surface area contributed by atoms with Crippen LogP contribution in [0.4, 0.5) is 4.39 Å². The first-order valence-electron chi connectivity index (χ1n) is 9.57. The van der Waals surface area contributed by atoms with E-state index in [0.717, 1.165) is 11.6 Å². The lowest BCUT2D eigenvalue weighted by Crippen LogP contribution is -2.29. The average molecular weight is 418 g/mol. The molecule has 1 aliphatic heterocycles. The number of Topliss-reactive ketones (excluding diaryl/α,β-unsaturated/α-hetero) is 1. The summed E-state index contributed by atoms with van der Waals surface area (Å²) >= 11 is 0. The number of amides is 1. The number of hydrogen-bond donors (Lipinski definition) is 1. The largest absolute Gasteiger partial charge is 0.507 e. The van der Waals surface area contributed by atoms with Crippen LogP contribution in [0.2, 0.25) is 0 Å². The number of halogens is 1. The fourth-order valence-electron chi connectivity index (χ4n) is 3.68. The minimum absolute atomic E-state index is 0.00861. The predicted octanol–water partition coefficient (Wildman–Crippen LogP) is 3.85. The van der Waals surface area contributed by atoms with Crippen molar-refractivity contribution in [2.45, 2.75) is 12.6 Å². The number of ketones is 1. The zero-order valence-electron chi connectivity index (χ0n) is 16.7. The minimum atomic E-state index is -0.823. The summed E-state index contributed by atoms with van der Waals surface area (Å²) in [6.07, 6.45) is 3.20. The Kier molecular flexibility index (Phi) is 5.49. The van der Waals surface area contributed by atoms with E-state index in [1.807, 2.05) is 6.07 Å². The quantitative estimate of drug-likeness (QED) is 0.387. The van der Waals surface area contributed by atoms with E-state index in [1.165, 1.54) is 24.1 Å². The fraction of sp³-hybridized carbons (Fsp3) is 0.125. The molecule has 6 nitrogen and oxygen atoms in total. The van der Waals surface area contributed by atoms with Gasteiger partial charge >= 0.3 is 0 Å². The monoisotopic (exact) mass is 418 g/mol. The molecule has 31 heavy (non-hydrogen) atoms. The summed E-state index contributed by atoms with van der Waals surface area (Å²) in [6, 6.07) is 15.5. The lowest BCUT2D eigenvalue weighted by atomic mass is 9.95. The fourth-order valence-corrected chi connectivity index (χ4v) is 3.68. The van der Waals surface area contributed by atoms with Crippen LogP contribution in [0.5, 0.6) is 5.75 Å². The van der Waals surface area contributed by atoms with Gasteiger partial charge in [-0.2, -0.15) is 0 Å². The Labute approximate surface area is 178 Å². The Balaban J connectivity index is 1.85. The van der Waals surface area contributed by atoms with Gasteiger partial charge in [-0.15, -0.1) is 0 Å². The summed E-state index contributed by atoms with van der Waals surface area (Å²) in [5, 5.41) is 11.0. The molecule has 1 saturated heterocycles. The Morgan fingerprint density at radius 2 is 1.81 bits per heavy atom. The van der Waals surface area contributed by atoms with E-state index in [1.54, 1.807) is 48.8 Å². The number of carbonyl (C=O) groups excluding carboxylic acids is 2. The van der Waals surface area contributed by atoms with E-state index in [2.05, 4.69) is 4.98 Å². The number of benzene rings is 2. The molecule has 2 heterocycles. The second kappa shape index (κ2) is 8.39. The number of likely N-dealkylation sites (tertiary alicyclic amines) is 1. The van der Waals surface area contributed by atoms with Crippen molar-refractivity contribution in [3.8, 4) is 5.75 Å². The zero-order chi connectivity index (χ0) is 22.0. The van der Waals surface area contributed by atoms with Gasteiger partial charge < -0.3 is 14.7 Å². The van der Waals surface area contributed by atoms with Crippen molar-refractivity contribution >= 4 is 17.4 Å². The smallest absolute Gasteiger partial charge is 0.295 e. The molecule has 4 rings (SSSR count). The lowest BCUT2D eigenvalue weighted by molar-refractivity contribution is -0.140. The molecular weight excluding hydrogens is 399 g/mol. The van der Waals surface area contributed by atoms with Crippen LogP contribution in [0, 0.1) is 5.82 Å². The van der Waals surface area contributed by atoms with Gasteiger partial charge in [-0.1, -0.05) is 30.3 Å². The maximum Gasteiger partial charge on any atom is 0.295 e. The number of aliphatic hydroxyl groups is 1. The normalized spacial score (nSPS) is 17.7. The third kappa shape index (κ3) is 3.77. The third-order valence-electron chi connectivity index (χ3n) is 5.18. The highest BCUT2D eigenvalue weighted by Gasteiger charge is 2.46. The number of hydrogen-bond acceptors (Lipinski definition) is 5. The first kappa shape index (κ1) is 20.3. The standard InChI is InChI=1S/C24H19FN2O4/c1-31-19-8-7-17(13-18(19)25)22(28)20-21(16-5-3-2-4-6-16)27(24(30)23(20)29)14-15-9-11-26-12-10-15/h2-13,21,28H,14H2,1H3/t21-/m1/s1. The molecule has 156 valence electrons. The number of aliphatic hydroxyl groups excluding tert-OH is 1. The Morgan fingerprint density at radius 3 is 2.45 bits per heavy atom. The van der Waals surface area contributed by atoms with E-state index in [4.69, 9.17) is 4.74 Å². The van der Waals surface area contributed by atoms with Gasteiger partial charge in [-0.05, 0) is 41.5 Å². The highest BCUT2D eigenvalue weighted by molar-refractivity contribution is 6.46. The maximum atomic E-state index is 14.2. The first-order chi connectivity index (χ1) is 15.0. The zero-order valence-corrected chi connectivity index (χ0v) is 16.7. The highest BCUT2D eigenvalue weighted by atomic mass is 19.1. The van der Waals surface area contributed by atoms with Crippen LogP contribution in [-0.4, -0.2) is 33.8 Å². The molecule has 3 aromatic rings. The molecule has 1 aliphatic rings.